The van der Waals surface area contributed by atoms with Crippen LogP contribution in [0.4, 0.5) is 0 Å². The lowest BCUT2D eigenvalue weighted by Gasteiger charge is -2.54. The van der Waals surface area contributed by atoms with Crippen LogP contribution in [-0.2, 0) is 11.2 Å². The summed E-state index contributed by atoms with van der Waals surface area (Å²) in [6.45, 7) is 5.29. The quantitative estimate of drug-likeness (QED) is 0.689. The molecule has 0 unspecified atom stereocenters. The standard InChI is InChI=1S/C28H36N4O2/c1-18-24(27(30-29-18)19-8-10-23(34-2)11-9-19)16-26(33)32-13-5-6-20-14-21-15-22(28(20)32)17-31-12-4-3-7-25(21)31/h8-11,14,21-22,25,28H,3-7,12-13,15-17H2,1-2H3,(H,29,30)/t21-,22-,25+,28+/m0/s1. The lowest BCUT2D eigenvalue weighted by molar-refractivity contribution is -0.135. The summed E-state index contributed by atoms with van der Waals surface area (Å²) >= 11 is 0. The largest absolute Gasteiger partial charge is 0.497 e. The summed E-state index contributed by atoms with van der Waals surface area (Å²) < 4.78 is 5.30. The van der Waals surface area contributed by atoms with Gasteiger partial charge in [-0.15, -0.1) is 0 Å². The van der Waals surface area contributed by atoms with Gasteiger partial charge in [0, 0.05) is 36.0 Å². The number of aromatic nitrogens is 2. The van der Waals surface area contributed by atoms with E-state index in [1.54, 1.807) is 12.7 Å². The van der Waals surface area contributed by atoms with Crippen molar-refractivity contribution in [1.29, 1.82) is 0 Å². The Labute approximate surface area is 202 Å². The van der Waals surface area contributed by atoms with E-state index in [1.807, 2.05) is 31.2 Å². The molecule has 3 aliphatic heterocycles. The van der Waals surface area contributed by atoms with Crippen molar-refractivity contribution >= 4 is 5.91 Å². The molecule has 1 aromatic carbocycles. The van der Waals surface area contributed by atoms with Crippen molar-refractivity contribution in [1.82, 2.24) is 20.0 Å². The maximum absolute atomic E-state index is 13.8. The fourth-order valence-corrected chi connectivity index (χ4v) is 7.16. The molecule has 3 saturated heterocycles. The monoisotopic (exact) mass is 460 g/mol. The van der Waals surface area contributed by atoms with Gasteiger partial charge in [-0.3, -0.25) is 14.8 Å². The fourth-order valence-electron chi connectivity index (χ4n) is 7.16. The molecule has 2 aromatic rings. The van der Waals surface area contributed by atoms with Crippen LogP contribution in [0.15, 0.2) is 35.9 Å². The third kappa shape index (κ3) is 3.76. The van der Waals surface area contributed by atoms with E-state index < -0.39 is 0 Å². The van der Waals surface area contributed by atoms with Gasteiger partial charge in [0.25, 0.3) is 0 Å². The first-order valence-corrected chi connectivity index (χ1v) is 13.0. The number of piperidine rings is 3. The highest BCUT2D eigenvalue weighted by Gasteiger charge is 2.46. The minimum Gasteiger partial charge on any atom is -0.497 e. The van der Waals surface area contributed by atoms with Crippen LogP contribution in [-0.4, -0.2) is 64.7 Å². The number of aryl methyl sites for hydroxylation is 1. The van der Waals surface area contributed by atoms with Crippen LogP contribution < -0.4 is 4.74 Å². The second-order valence-electron chi connectivity index (χ2n) is 10.7. The zero-order valence-corrected chi connectivity index (χ0v) is 20.4. The number of fused-ring (bicyclic) bond motifs is 6. The molecular weight excluding hydrogens is 424 g/mol. The van der Waals surface area contributed by atoms with Crippen LogP contribution >= 0.6 is 0 Å². The molecule has 2 bridgehead atoms. The molecule has 0 spiro atoms. The number of ether oxygens (including phenoxy) is 1. The van der Waals surface area contributed by atoms with Gasteiger partial charge in [0.1, 0.15) is 5.75 Å². The molecule has 1 aromatic heterocycles. The maximum atomic E-state index is 13.8. The van der Waals surface area contributed by atoms with E-state index in [9.17, 15) is 4.79 Å². The third-order valence-electron chi connectivity index (χ3n) is 8.74. The van der Waals surface area contributed by atoms with Crippen molar-refractivity contribution in [3.63, 3.8) is 0 Å². The highest BCUT2D eigenvalue weighted by atomic mass is 16.5. The molecule has 4 atom stereocenters. The van der Waals surface area contributed by atoms with Crippen molar-refractivity contribution < 1.29 is 9.53 Å². The van der Waals surface area contributed by atoms with Crippen molar-refractivity contribution in [3.05, 3.63) is 47.2 Å². The molecule has 34 heavy (non-hydrogen) atoms. The Kier molecular flexibility index (Phi) is 5.72. The van der Waals surface area contributed by atoms with Crippen molar-refractivity contribution in [2.75, 3.05) is 26.7 Å². The number of hydrogen-bond acceptors (Lipinski definition) is 4. The molecule has 6 nitrogen and oxygen atoms in total. The Morgan fingerprint density at radius 1 is 1.18 bits per heavy atom. The van der Waals surface area contributed by atoms with Crippen molar-refractivity contribution in [3.8, 4) is 17.0 Å². The van der Waals surface area contributed by atoms with E-state index in [0.29, 0.717) is 18.3 Å². The van der Waals surface area contributed by atoms with Gasteiger partial charge in [0.05, 0.1) is 25.3 Å². The van der Waals surface area contributed by atoms with E-state index in [4.69, 9.17) is 4.74 Å². The number of nitrogens with one attached hydrogen (secondary N) is 1. The Balaban J connectivity index is 1.25. The molecule has 4 heterocycles. The minimum atomic E-state index is 0.245. The van der Waals surface area contributed by atoms with E-state index in [0.717, 1.165) is 60.2 Å². The fraction of sp³-hybridized carbons (Fsp3) is 0.571. The number of hydrogen-bond donors (Lipinski definition) is 1. The molecule has 1 aliphatic carbocycles. The van der Waals surface area contributed by atoms with Gasteiger partial charge in [-0.2, -0.15) is 5.10 Å². The molecule has 3 fully saturated rings. The zero-order chi connectivity index (χ0) is 23.2. The maximum Gasteiger partial charge on any atom is 0.227 e. The predicted molar refractivity (Wildman–Crippen MR) is 133 cm³/mol. The molecule has 180 valence electrons. The predicted octanol–water partition coefficient (Wildman–Crippen LogP) is 4.36. The molecular formula is C28H36N4O2. The number of nitrogens with zero attached hydrogens (tertiary/aromatic N) is 3. The lowest BCUT2D eigenvalue weighted by Crippen LogP contribution is -2.60. The van der Waals surface area contributed by atoms with E-state index >= 15 is 0 Å². The topological polar surface area (TPSA) is 61.5 Å². The Morgan fingerprint density at radius 2 is 2.03 bits per heavy atom. The van der Waals surface area contributed by atoms with Crippen LogP contribution in [0, 0.1) is 18.8 Å². The highest BCUT2D eigenvalue weighted by Crippen LogP contribution is 2.45. The summed E-state index contributed by atoms with van der Waals surface area (Å²) in [6.07, 6.45) is 10.5. The van der Waals surface area contributed by atoms with Crippen LogP contribution in [0.1, 0.15) is 49.8 Å². The number of aromatic amines is 1. The Bertz CT molecular complexity index is 1090. The minimum absolute atomic E-state index is 0.245. The summed E-state index contributed by atoms with van der Waals surface area (Å²) in [4.78, 5) is 18.8. The van der Waals surface area contributed by atoms with E-state index in [-0.39, 0.29) is 11.9 Å². The molecule has 1 N–H and O–H groups in total. The summed E-state index contributed by atoms with van der Waals surface area (Å²) in [5, 5.41) is 7.69. The molecule has 1 amide bonds. The first-order chi connectivity index (χ1) is 16.6. The van der Waals surface area contributed by atoms with Crippen LogP contribution in [0.2, 0.25) is 0 Å². The van der Waals surface area contributed by atoms with Gasteiger partial charge >= 0.3 is 0 Å². The van der Waals surface area contributed by atoms with Gasteiger partial charge < -0.3 is 9.64 Å². The van der Waals surface area contributed by atoms with Crippen LogP contribution in [0.3, 0.4) is 0 Å². The van der Waals surface area contributed by atoms with Crippen LogP contribution in [0.5, 0.6) is 5.75 Å². The first kappa shape index (κ1) is 21.9. The number of carbonyl (C=O) groups is 1. The van der Waals surface area contributed by atoms with Gasteiger partial charge in [0.15, 0.2) is 0 Å². The summed E-state index contributed by atoms with van der Waals surface area (Å²) in [6, 6.07) is 8.96. The van der Waals surface area contributed by atoms with Crippen LogP contribution in [0.25, 0.3) is 11.3 Å². The first-order valence-electron chi connectivity index (χ1n) is 13.0. The lowest BCUT2D eigenvalue weighted by atomic mass is 9.68. The Hall–Kier alpha value is -2.60. The van der Waals surface area contributed by atoms with Crippen molar-refractivity contribution in [2.24, 2.45) is 11.8 Å². The number of benzene rings is 1. The number of methoxy groups -OCH3 is 1. The third-order valence-corrected chi connectivity index (χ3v) is 8.74. The summed E-state index contributed by atoms with van der Waals surface area (Å²) in [5.74, 6) is 2.34. The Morgan fingerprint density at radius 3 is 2.85 bits per heavy atom. The number of rotatable bonds is 4. The molecule has 0 radical (unpaired) electrons. The van der Waals surface area contributed by atoms with Gasteiger partial charge in [0.2, 0.25) is 5.91 Å². The molecule has 6 rings (SSSR count). The van der Waals surface area contributed by atoms with Gasteiger partial charge in [-0.1, -0.05) is 18.1 Å². The molecule has 6 heteroatoms. The number of carbonyl (C=O) groups excluding carboxylic acids is 1. The normalized spacial score (nSPS) is 28.6. The average Bonchev–Trinajstić information content (AvgIpc) is 3.23. The van der Waals surface area contributed by atoms with Gasteiger partial charge in [-0.05, 0) is 81.7 Å². The van der Waals surface area contributed by atoms with Gasteiger partial charge in [-0.25, -0.2) is 0 Å². The summed E-state index contributed by atoms with van der Waals surface area (Å²) in [7, 11) is 1.67. The van der Waals surface area contributed by atoms with E-state index in [2.05, 4.69) is 26.1 Å². The molecule has 4 aliphatic rings. The number of likely N-dealkylation sites (tertiary alicyclic amines) is 1. The number of amides is 1. The highest BCUT2D eigenvalue weighted by molar-refractivity contribution is 5.82. The summed E-state index contributed by atoms with van der Waals surface area (Å²) in [5.41, 5.74) is 5.42. The van der Waals surface area contributed by atoms with Crippen molar-refractivity contribution in [2.45, 2.75) is 64.0 Å². The van der Waals surface area contributed by atoms with E-state index in [1.165, 1.54) is 32.2 Å². The number of H-pyrrole nitrogens is 1. The average molecular weight is 461 g/mol. The second kappa shape index (κ2) is 8.88. The second-order valence-corrected chi connectivity index (χ2v) is 10.7. The SMILES string of the molecule is COc1ccc(-c2n[nH]c(C)c2CC(=O)N2CCCC3=C[C@H]4C[C@@H](CN5CCCC[C@H]45)[C@@H]32)cc1. The smallest absolute Gasteiger partial charge is 0.227 e. The molecule has 0 saturated carbocycles. The zero-order valence-electron chi connectivity index (χ0n) is 20.4.